The Morgan fingerprint density at radius 1 is 1.15 bits per heavy atom. The summed E-state index contributed by atoms with van der Waals surface area (Å²) in [5, 5.41) is 9.36. The smallest absolute Gasteiger partial charge is 0.257 e. The van der Waals surface area contributed by atoms with Crippen LogP contribution < -0.4 is 19.7 Å². The summed E-state index contributed by atoms with van der Waals surface area (Å²) in [5.41, 5.74) is 2.31. The summed E-state index contributed by atoms with van der Waals surface area (Å²) in [4.78, 5) is 17.7. The lowest BCUT2D eigenvalue weighted by atomic mass is 9.98. The molecule has 1 aliphatic heterocycles. The lowest BCUT2D eigenvalue weighted by molar-refractivity contribution is -0.130. The van der Waals surface area contributed by atoms with Crippen LogP contribution in [0, 0.1) is 11.7 Å². The number of pyridine rings is 1. The van der Waals surface area contributed by atoms with Gasteiger partial charge in [0.1, 0.15) is 5.75 Å². The van der Waals surface area contributed by atoms with Crippen molar-refractivity contribution in [2.75, 3.05) is 33.4 Å². The van der Waals surface area contributed by atoms with Gasteiger partial charge in [0.25, 0.3) is 5.91 Å². The Balaban J connectivity index is 1.48. The fraction of sp³-hybridized carbons (Fsp3) is 0.333. The number of nitrogens with one attached hydrogen (secondary N) is 1. The average Bonchev–Trinajstić information content (AvgIpc) is 2.84. The van der Waals surface area contributed by atoms with Crippen LogP contribution in [0.3, 0.4) is 0 Å². The Hall–Kier alpha value is -3.43. The highest BCUT2D eigenvalue weighted by Gasteiger charge is 2.22. The van der Waals surface area contributed by atoms with Crippen molar-refractivity contribution in [2.45, 2.75) is 12.8 Å². The number of likely N-dealkylation sites (tertiary alicyclic amines) is 1. The number of halogens is 1. The third-order valence-electron chi connectivity index (χ3n) is 5.72. The summed E-state index contributed by atoms with van der Waals surface area (Å²) in [6.45, 7) is 2.17. The van der Waals surface area contributed by atoms with Gasteiger partial charge in [0.2, 0.25) is 0 Å². The second-order valence-corrected chi connectivity index (χ2v) is 7.93. The molecular formula is C24H26FN3O5. The van der Waals surface area contributed by atoms with Crippen LogP contribution in [0.4, 0.5) is 4.39 Å². The lowest BCUT2D eigenvalue weighted by Crippen LogP contribution is -2.41. The average molecular weight is 455 g/mol. The molecule has 0 atom stereocenters. The zero-order chi connectivity index (χ0) is 23.2. The lowest BCUT2D eigenvalue weighted by Gasteiger charge is -2.31. The predicted octanol–water partition coefficient (Wildman–Crippen LogP) is 3.77. The normalized spacial score (nSPS) is 14.8. The van der Waals surface area contributed by atoms with Crippen molar-refractivity contribution in [3.05, 3.63) is 54.5 Å². The molecule has 0 spiro atoms. The molecule has 1 saturated heterocycles. The van der Waals surface area contributed by atoms with Gasteiger partial charge >= 0.3 is 0 Å². The Kier molecular flexibility index (Phi) is 7.21. The minimum absolute atomic E-state index is 0.130. The number of hydroxylamine groups is 1. The molecule has 1 aliphatic rings. The number of hydrogen-bond acceptors (Lipinski definition) is 7. The molecule has 0 radical (unpaired) electrons. The van der Waals surface area contributed by atoms with Crippen molar-refractivity contribution in [2.24, 2.45) is 5.92 Å². The maximum absolute atomic E-state index is 14.1. The summed E-state index contributed by atoms with van der Waals surface area (Å²) in [5.74, 6) is 1.16. The van der Waals surface area contributed by atoms with Gasteiger partial charge in [-0.15, -0.1) is 0 Å². The Morgan fingerprint density at radius 2 is 1.94 bits per heavy atom. The largest absolute Gasteiger partial charge is 0.493 e. The second kappa shape index (κ2) is 10.5. The first kappa shape index (κ1) is 22.8. The molecule has 9 heteroatoms. The zero-order valence-corrected chi connectivity index (χ0v) is 18.3. The fourth-order valence-electron chi connectivity index (χ4n) is 3.89. The fourth-order valence-corrected chi connectivity index (χ4v) is 3.89. The number of fused-ring (bicyclic) bond motifs is 1. The van der Waals surface area contributed by atoms with E-state index in [9.17, 15) is 9.18 Å². The first-order valence-corrected chi connectivity index (χ1v) is 10.7. The molecule has 33 heavy (non-hydrogen) atoms. The SMILES string of the molecule is COc1cc2nccc(Oc3ccccc3F)c2cc1OCC1CCN(CC(=O)NO)CC1. The number of rotatable bonds is 8. The van der Waals surface area contributed by atoms with Crippen molar-refractivity contribution in [1.82, 2.24) is 15.4 Å². The van der Waals surface area contributed by atoms with Gasteiger partial charge in [-0.1, -0.05) is 12.1 Å². The molecule has 2 aromatic carbocycles. The summed E-state index contributed by atoms with van der Waals surface area (Å²) in [7, 11) is 1.57. The molecule has 174 valence electrons. The van der Waals surface area contributed by atoms with E-state index >= 15 is 0 Å². The van der Waals surface area contributed by atoms with Crippen LogP contribution in [0.1, 0.15) is 12.8 Å². The molecule has 0 bridgehead atoms. The highest BCUT2D eigenvalue weighted by atomic mass is 19.1. The van der Waals surface area contributed by atoms with Gasteiger partial charge < -0.3 is 14.2 Å². The number of carbonyl (C=O) groups is 1. The number of benzene rings is 2. The minimum Gasteiger partial charge on any atom is -0.493 e. The number of para-hydroxylation sites is 1. The van der Waals surface area contributed by atoms with Gasteiger partial charge in [-0.05, 0) is 56.1 Å². The molecule has 1 aromatic heterocycles. The quantitative estimate of drug-likeness (QED) is 0.395. The van der Waals surface area contributed by atoms with E-state index in [1.54, 1.807) is 55.2 Å². The first-order valence-electron chi connectivity index (χ1n) is 10.7. The predicted molar refractivity (Wildman–Crippen MR) is 119 cm³/mol. The van der Waals surface area contributed by atoms with E-state index in [0.29, 0.717) is 40.7 Å². The first-order chi connectivity index (χ1) is 16.1. The van der Waals surface area contributed by atoms with Crippen molar-refractivity contribution in [3.8, 4) is 23.0 Å². The number of hydrogen-bond donors (Lipinski definition) is 2. The number of amides is 1. The number of aromatic nitrogens is 1. The summed E-state index contributed by atoms with van der Waals surface area (Å²) in [6.07, 6.45) is 3.35. The van der Waals surface area contributed by atoms with Gasteiger partial charge in [0, 0.05) is 17.6 Å². The van der Waals surface area contributed by atoms with Gasteiger partial charge in [-0.2, -0.15) is 0 Å². The van der Waals surface area contributed by atoms with Crippen LogP contribution in [-0.4, -0.2) is 54.3 Å². The number of piperidine rings is 1. The van der Waals surface area contributed by atoms with E-state index in [0.717, 1.165) is 25.9 Å². The molecular weight excluding hydrogens is 429 g/mol. The third-order valence-corrected chi connectivity index (χ3v) is 5.72. The van der Waals surface area contributed by atoms with E-state index in [1.165, 1.54) is 6.07 Å². The van der Waals surface area contributed by atoms with E-state index in [4.69, 9.17) is 19.4 Å². The molecule has 0 aliphatic carbocycles. The van der Waals surface area contributed by atoms with Gasteiger partial charge in [-0.25, -0.2) is 9.87 Å². The minimum atomic E-state index is -0.449. The molecule has 1 fully saturated rings. The maximum atomic E-state index is 14.1. The Labute approximate surface area is 190 Å². The summed E-state index contributed by atoms with van der Waals surface area (Å²) in [6, 6.07) is 11.5. The molecule has 0 unspecified atom stereocenters. The van der Waals surface area contributed by atoms with Gasteiger partial charge in [0.05, 0.1) is 25.8 Å². The van der Waals surface area contributed by atoms with Crippen molar-refractivity contribution in [1.29, 1.82) is 0 Å². The van der Waals surface area contributed by atoms with Gasteiger partial charge in [0.15, 0.2) is 23.1 Å². The molecule has 2 heterocycles. The van der Waals surface area contributed by atoms with Crippen LogP contribution in [-0.2, 0) is 4.79 Å². The third kappa shape index (κ3) is 5.50. The number of methoxy groups -OCH3 is 1. The number of nitrogens with zero attached hydrogens (tertiary/aromatic N) is 2. The van der Waals surface area contributed by atoms with Gasteiger partial charge in [-0.3, -0.25) is 19.9 Å². The maximum Gasteiger partial charge on any atom is 0.257 e. The van der Waals surface area contributed by atoms with Crippen molar-refractivity contribution < 1.29 is 28.6 Å². The van der Waals surface area contributed by atoms with Crippen LogP contribution in [0.2, 0.25) is 0 Å². The molecule has 1 amide bonds. The monoisotopic (exact) mass is 455 g/mol. The Bertz CT molecular complexity index is 1120. The van der Waals surface area contributed by atoms with Crippen LogP contribution in [0.5, 0.6) is 23.0 Å². The summed E-state index contributed by atoms with van der Waals surface area (Å²) >= 11 is 0. The van der Waals surface area contributed by atoms with Crippen LogP contribution >= 0.6 is 0 Å². The van der Waals surface area contributed by atoms with Crippen molar-refractivity contribution >= 4 is 16.8 Å². The standard InChI is InChI=1S/C24H26FN3O5/c1-31-22-13-19-17(20(6-9-26-19)33-21-5-3-2-4-18(21)25)12-23(22)32-15-16-7-10-28(11-8-16)14-24(29)27-30/h2-6,9,12-13,16,30H,7-8,10-11,14-15H2,1H3,(H,27,29). The van der Waals surface area contributed by atoms with E-state index < -0.39 is 11.7 Å². The molecule has 3 aromatic rings. The second-order valence-electron chi connectivity index (χ2n) is 7.93. The molecule has 4 rings (SSSR count). The highest BCUT2D eigenvalue weighted by molar-refractivity contribution is 5.88. The van der Waals surface area contributed by atoms with Crippen LogP contribution in [0.25, 0.3) is 10.9 Å². The topological polar surface area (TPSA) is 93.2 Å². The highest BCUT2D eigenvalue weighted by Crippen LogP contribution is 2.38. The van der Waals surface area contributed by atoms with E-state index in [1.807, 2.05) is 4.90 Å². The zero-order valence-electron chi connectivity index (χ0n) is 18.3. The number of carbonyl (C=O) groups excluding carboxylic acids is 1. The van der Waals surface area contributed by atoms with E-state index in [2.05, 4.69) is 4.98 Å². The van der Waals surface area contributed by atoms with Crippen molar-refractivity contribution in [3.63, 3.8) is 0 Å². The summed E-state index contributed by atoms with van der Waals surface area (Å²) < 4.78 is 31.5. The number of ether oxygens (including phenoxy) is 3. The van der Waals surface area contributed by atoms with E-state index in [-0.39, 0.29) is 12.3 Å². The molecule has 8 nitrogen and oxygen atoms in total. The molecule has 2 N–H and O–H groups in total. The molecule has 0 saturated carbocycles. The van der Waals surface area contributed by atoms with Crippen LogP contribution in [0.15, 0.2) is 48.7 Å². The Morgan fingerprint density at radius 3 is 2.67 bits per heavy atom.